The molecular formula is C15H12F3NOS. The highest BCUT2D eigenvalue weighted by molar-refractivity contribution is 7.99. The van der Waals surface area contributed by atoms with Crippen LogP contribution in [0.5, 0.6) is 5.75 Å². The molecule has 0 saturated heterocycles. The fourth-order valence-electron chi connectivity index (χ4n) is 2.21. The number of rotatable bonds is 2. The third-order valence-corrected chi connectivity index (χ3v) is 4.50. The fourth-order valence-corrected chi connectivity index (χ4v) is 3.26. The van der Waals surface area contributed by atoms with Crippen molar-refractivity contribution in [1.82, 2.24) is 0 Å². The number of nitrogens with two attached hydrogens (primary N) is 1. The van der Waals surface area contributed by atoms with Gasteiger partial charge in [0.1, 0.15) is 11.9 Å². The monoisotopic (exact) mass is 311 g/mol. The average molecular weight is 311 g/mol. The van der Waals surface area contributed by atoms with Crippen molar-refractivity contribution in [2.75, 3.05) is 5.75 Å². The Kier molecular flexibility index (Phi) is 3.82. The van der Waals surface area contributed by atoms with E-state index < -0.39 is 29.6 Å². The first-order chi connectivity index (χ1) is 10.1. The summed E-state index contributed by atoms with van der Waals surface area (Å²) < 4.78 is 45.8. The van der Waals surface area contributed by atoms with Crippen LogP contribution < -0.4 is 10.5 Å². The molecule has 110 valence electrons. The van der Waals surface area contributed by atoms with Gasteiger partial charge >= 0.3 is 0 Å². The minimum Gasteiger partial charge on any atom is -0.486 e. The van der Waals surface area contributed by atoms with Gasteiger partial charge in [-0.1, -0.05) is 18.2 Å². The maximum atomic E-state index is 13.8. The fraction of sp³-hybridized carbons (Fsp3) is 0.200. The van der Waals surface area contributed by atoms with E-state index in [1.807, 2.05) is 18.2 Å². The summed E-state index contributed by atoms with van der Waals surface area (Å²) >= 11 is 1.54. The van der Waals surface area contributed by atoms with Gasteiger partial charge in [0.05, 0.1) is 6.04 Å². The van der Waals surface area contributed by atoms with Gasteiger partial charge in [0, 0.05) is 16.2 Å². The van der Waals surface area contributed by atoms with Crippen LogP contribution in [0, 0.1) is 17.5 Å². The molecule has 21 heavy (non-hydrogen) atoms. The lowest BCUT2D eigenvalue weighted by molar-refractivity contribution is 0.183. The number of benzene rings is 2. The van der Waals surface area contributed by atoms with Gasteiger partial charge in [0.25, 0.3) is 0 Å². The van der Waals surface area contributed by atoms with Crippen molar-refractivity contribution in [3.05, 3.63) is 59.4 Å². The largest absolute Gasteiger partial charge is 0.486 e. The third kappa shape index (κ3) is 2.61. The third-order valence-electron chi connectivity index (χ3n) is 3.36. The van der Waals surface area contributed by atoms with Gasteiger partial charge in [-0.3, -0.25) is 0 Å². The maximum absolute atomic E-state index is 13.8. The highest BCUT2D eigenvalue weighted by atomic mass is 32.2. The topological polar surface area (TPSA) is 35.2 Å². The summed E-state index contributed by atoms with van der Waals surface area (Å²) in [7, 11) is 0. The van der Waals surface area contributed by atoms with Gasteiger partial charge in [-0.25, -0.2) is 13.2 Å². The van der Waals surface area contributed by atoms with E-state index in [0.29, 0.717) is 11.5 Å². The van der Waals surface area contributed by atoms with Crippen LogP contribution in [0.1, 0.15) is 11.6 Å². The molecule has 1 aliphatic heterocycles. The Labute approximate surface area is 124 Å². The second-order valence-electron chi connectivity index (χ2n) is 4.70. The Morgan fingerprint density at radius 3 is 2.67 bits per heavy atom. The summed E-state index contributed by atoms with van der Waals surface area (Å²) in [5.41, 5.74) is 5.89. The lowest BCUT2D eigenvalue weighted by atomic mass is 10.0. The lowest BCUT2D eigenvalue weighted by Crippen LogP contribution is -2.36. The average Bonchev–Trinajstić information content (AvgIpc) is 2.52. The molecule has 0 aromatic heterocycles. The van der Waals surface area contributed by atoms with E-state index in [1.54, 1.807) is 6.07 Å². The zero-order valence-electron chi connectivity index (χ0n) is 10.9. The van der Waals surface area contributed by atoms with E-state index in [-0.39, 0.29) is 5.56 Å². The molecule has 0 spiro atoms. The van der Waals surface area contributed by atoms with Gasteiger partial charge in [-0.2, -0.15) is 0 Å². The van der Waals surface area contributed by atoms with Crippen LogP contribution in [-0.2, 0) is 0 Å². The van der Waals surface area contributed by atoms with Crippen LogP contribution >= 0.6 is 11.8 Å². The molecule has 2 nitrogen and oxygen atoms in total. The predicted octanol–water partition coefficient (Wildman–Crippen LogP) is 3.66. The molecule has 1 heterocycles. The molecule has 0 radical (unpaired) electrons. The minimum absolute atomic E-state index is 0.0844. The summed E-state index contributed by atoms with van der Waals surface area (Å²) in [5, 5.41) is 0. The van der Waals surface area contributed by atoms with E-state index in [0.717, 1.165) is 17.0 Å². The van der Waals surface area contributed by atoms with Crippen LogP contribution in [0.4, 0.5) is 13.2 Å². The number of para-hydroxylation sites is 1. The molecule has 2 atom stereocenters. The molecule has 2 aromatic carbocycles. The van der Waals surface area contributed by atoms with Gasteiger partial charge in [0.2, 0.25) is 0 Å². The van der Waals surface area contributed by atoms with E-state index in [2.05, 4.69) is 0 Å². The molecule has 0 saturated carbocycles. The van der Waals surface area contributed by atoms with Crippen molar-refractivity contribution in [3.8, 4) is 5.75 Å². The first kappa shape index (κ1) is 14.3. The number of ether oxygens (including phenoxy) is 1. The van der Waals surface area contributed by atoms with Crippen molar-refractivity contribution in [3.63, 3.8) is 0 Å². The van der Waals surface area contributed by atoms with Crippen LogP contribution in [0.15, 0.2) is 41.3 Å². The summed E-state index contributed by atoms with van der Waals surface area (Å²) in [6.07, 6.45) is -0.510. The van der Waals surface area contributed by atoms with Crippen molar-refractivity contribution < 1.29 is 17.9 Å². The van der Waals surface area contributed by atoms with Crippen molar-refractivity contribution in [2.24, 2.45) is 5.73 Å². The Morgan fingerprint density at radius 2 is 1.86 bits per heavy atom. The number of fused-ring (bicyclic) bond motifs is 1. The van der Waals surface area contributed by atoms with Gasteiger partial charge in [0.15, 0.2) is 17.5 Å². The second-order valence-corrected chi connectivity index (χ2v) is 5.77. The molecule has 0 aliphatic carbocycles. The Balaban J connectivity index is 1.87. The highest BCUT2D eigenvalue weighted by Crippen LogP contribution is 2.38. The van der Waals surface area contributed by atoms with Gasteiger partial charge in [-0.15, -0.1) is 11.8 Å². The number of hydrogen-bond acceptors (Lipinski definition) is 3. The predicted molar refractivity (Wildman–Crippen MR) is 74.8 cm³/mol. The molecule has 0 fully saturated rings. The van der Waals surface area contributed by atoms with Gasteiger partial charge < -0.3 is 10.5 Å². The summed E-state index contributed by atoms with van der Waals surface area (Å²) in [6, 6.07) is 8.59. The molecule has 2 N–H and O–H groups in total. The van der Waals surface area contributed by atoms with E-state index in [1.165, 1.54) is 11.8 Å². The van der Waals surface area contributed by atoms with Crippen LogP contribution in [0.3, 0.4) is 0 Å². The van der Waals surface area contributed by atoms with Crippen molar-refractivity contribution in [2.45, 2.75) is 17.0 Å². The van der Waals surface area contributed by atoms with Crippen molar-refractivity contribution >= 4 is 11.8 Å². The zero-order valence-corrected chi connectivity index (χ0v) is 11.7. The Bertz CT molecular complexity index is 680. The maximum Gasteiger partial charge on any atom is 0.194 e. The van der Waals surface area contributed by atoms with Crippen LogP contribution in [0.25, 0.3) is 0 Å². The Morgan fingerprint density at radius 1 is 1.10 bits per heavy atom. The molecule has 2 unspecified atom stereocenters. The van der Waals surface area contributed by atoms with Crippen LogP contribution in [0.2, 0.25) is 0 Å². The molecule has 0 amide bonds. The van der Waals surface area contributed by atoms with Crippen molar-refractivity contribution in [1.29, 1.82) is 0 Å². The smallest absolute Gasteiger partial charge is 0.194 e. The minimum atomic E-state index is -1.51. The Hall–Kier alpha value is -1.66. The SMILES string of the molecule is NC(c1ccc(F)c(F)c1F)C1CSc2ccccc2O1. The molecular weight excluding hydrogens is 299 g/mol. The summed E-state index contributed by atoms with van der Waals surface area (Å²) in [4.78, 5) is 0.978. The number of thioether (sulfide) groups is 1. The lowest BCUT2D eigenvalue weighted by Gasteiger charge is -2.30. The van der Waals surface area contributed by atoms with E-state index in [9.17, 15) is 13.2 Å². The second kappa shape index (κ2) is 5.61. The summed E-state index contributed by atoms with van der Waals surface area (Å²) in [5.74, 6) is -2.82. The van der Waals surface area contributed by atoms with Crippen LogP contribution in [-0.4, -0.2) is 11.9 Å². The molecule has 0 bridgehead atoms. The quantitative estimate of drug-likeness (QED) is 0.860. The molecule has 1 aliphatic rings. The zero-order chi connectivity index (χ0) is 15.0. The molecule has 2 aromatic rings. The number of halogens is 3. The standard InChI is InChI=1S/C15H12F3NOS/c16-9-6-5-8(13(17)14(9)18)15(19)11-7-21-12-4-2-1-3-10(12)20-11/h1-6,11,15H,7,19H2. The normalized spacial score (nSPS) is 18.8. The molecule has 6 heteroatoms. The van der Waals surface area contributed by atoms with E-state index >= 15 is 0 Å². The molecule has 3 rings (SSSR count). The first-order valence-electron chi connectivity index (χ1n) is 6.35. The van der Waals surface area contributed by atoms with E-state index in [4.69, 9.17) is 10.5 Å². The first-order valence-corrected chi connectivity index (χ1v) is 7.34. The highest BCUT2D eigenvalue weighted by Gasteiger charge is 2.30. The van der Waals surface area contributed by atoms with Gasteiger partial charge in [-0.05, 0) is 18.2 Å². The summed E-state index contributed by atoms with van der Waals surface area (Å²) in [6.45, 7) is 0. The number of hydrogen-bond donors (Lipinski definition) is 1.